The first-order chi connectivity index (χ1) is 9.70. The number of nitrogens with one attached hydrogen (secondary N) is 1. The fraction of sp³-hybridized carbons (Fsp3) is 0.500. The van der Waals surface area contributed by atoms with Gasteiger partial charge in [-0.25, -0.2) is 9.78 Å². The van der Waals surface area contributed by atoms with Gasteiger partial charge in [0.25, 0.3) is 0 Å². The Kier molecular flexibility index (Phi) is 6.16. The molecule has 0 aliphatic heterocycles. The lowest BCUT2D eigenvalue weighted by atomic mass is 10.1. The van der Waals surface area contributed by atoms with Crippen LogP contribution in [-0.2, 0) is 16.0 Å². The quantitative estimate of drug-likeness (QED) is 0.664. The molecule has 0 saturated heterocycles. The zero-order valence-electron chi connectivity index (χ0n) is 12.0. The summed E-state index contributed by atoms with van der Waals surface area (Å²) in [5, 5.41) is 1.58. The number of primary amides is 2. The Hall–Kier alpha value is -1.61. The Morgan fingerprint density at radius 1 is 1.33 bits per heavy atom. The van der Waals surface area contributed by atoms with Crippen LogP contribution in [0.1, 0.15) is 24.4 Å². The SMILES string of the molecule is Cc1nc(SC(C(=O)NC(N)=O)C(C)C)sc1CC(N)=O. The molecule has 0 spiro atoms. The molecule has 7 nitrogen and oxygen atoms in total. The monoisotopic (exact) mass is 330 g/mol. The van der Waals surface area contributed by atoms with Crippen molar-refractivity contribution in [1.29, 1.82) is 0 Å². The van der Waals surface area contributed by atoms with Crippen LogP contribution >= 0.6 is 23.1 Å². The first-order valence-electron chi connectivity index (χ1n) is 6.22. The Morgan fingerprint density at radius 2 is 1.95 bits per heavy atom. The molecule has 1 rings (SSSR count). The molecule has 21 heavy (non-hydrogen) atoms. The minimum absolute atomic E-state index is 0.0156. The molecule has 1 aromatic heterocycles. The predicted molar refractivity (Wildman–Crippen MR) is 82.0 cm³/mol. The number of rotatable bonds is 6. The van der Waals surface area contributed by atoms with Crippen molar-refractivity contribution in [2.75, 3.05) is 0 Å². The van der Waals surface area contributed by atoms with E-state index in [2.05, 4.69) is 10.3 Å². The molecule has 1 heterocycles. The summed E-state index contributed by atoms with van der Waals surface area (Å²) < 4.78 is 0.655. The van der Waals surface area contributed by atoms with Crippen LogP contribution in [0.15, 0.2) is 4.34 Å². The number of imide groups is 1. The summed E-state index contributed by atoms with van der Waals surface area (Å²) in [6.07, 6.45) is 0.129. The summed E-state index contributed by atoms with van der Waals surface area (Å²) in [6, 6.07) is -0.879. The molecule has 1 aromatic rings. The molecule has 116 valence electrons. The number of nitrogens with two attached hydrogens (primary N) is 2. The summed E-state index contributed by atoms with van der Waals surface area (Å²) in [7, 11) is 0. The highest BCUT2D eigenvalue weighted by Crippen LogP contribution is 2.33. The van der Waals surface area contributed by atoms with E-state index in [4.69, 9.17) is 11.5 Å². The van der Waals surface area contributed by atoms with Crippen LogP contribution in [-0.4, -0.2) is 28.1 Å². The normalized spacial score (nSPS) is 12.2. The Balaban J connectivity index is 2.87. The van der Waals surface area contributed by atoms with Gasteiger partial charge in [0.2, 0.25) is 11.8 Å². The van der Waals surface area contributed by atoms with Gasteiger partial charge in [-0.05, 0) is 12.8 Å². The molecule has 0 radical (unpaired) electrons. The molecule has 0 aromatic carbocycles. The maximum atomic E-state index is 11.9. The van der Waals surface area contributed by atoms with Crippen LogP contribution in [0, 0.1) is 12.8 Å². The number of urea groups is 1. The second-order valence-electron chi connectivity index (χ2n) is 4.77. The zero-order chi connectivity index (χ0) is 16.2. The molecule has 0 fully saturated rings. The van der Waals surface area contributed by atoms with Crippen LogP contribution in [0.25, 0.3) is 0 Å². The third-order valence-electron chi connectivity index (χ3n) is 2.55. The lowest BCUT2D eigenvalue weighted by molar-refractivity contribution is -0.120. The number of nitrogens with zero attached hydrogens (tertiary/aromatic N) is 1. The van der Waals surface area contributed by atoms with Crippen molar-refractivity contribution in [1.82, 2.24) is 10.3 Å². The highest BCUT2D eigenvalue weighted by molar-refractivity contribution is 8.02. The third-order valence-corrected chi connectivity index (χ3v) is 5.34. The highest BCUT2D eigenvalue weighted by Gasteiger charge is 2.26. The van der Waals surface area contributed by atoms with E-state index in [9.17, 15) is 14.4 Å². The molecule has 5 N–H and O–H groups in total. The average molecular weight is 330 g/mol. The predicted octanol–water partition coefficient (Wildman–Crippen LogP) is 0.791. The summed E-state index contributed by atoms with van der Waals surface area (Å²) in [5.41, 5.74) is 10.9. The van der Waals surface area contributed by atoms with Crippen LogP contribution in [0.5, 0.6) is 0 Å². The van der Waals surface area contributed by atoms with E-state index in [1.165, 1.54) is 23.1 Å². The number of thioether (sulfide) groups is 1. The van der Waals surface area contributed by atoms with E-state index < -0.39 is 23.1 Å². The summed E-state index contributed by atoms with van der Waals surface area (Å²) in [4.78, 5) is 38.8. The molecule has 4 amide bonds. The zero-order valence-corrected chi connectivity index (χ0v) is 13.6. The van der Waals surface area contributed by atoms with Crippen LogP contribution in [0.4, 0.5) is 4.79 Å². The van der Waals surface area contributed by atoms with E-state index >= 15 is 0 Å². The van der Waals surface area contributed by atoms with E-state index in [1.54, 1.807) is 6.92 Å². The van der Waals surface area contributed by atoms with Crippen molar-refractivity contribution >= 4 is 40.9 Å². The van der Waals surface area contributed by atoms with Crippen LogP contribution < -0.4 is 16.8 Å². The average Bonchev–Trinajstić information content (AvgIpc) is 2.64. The Bertz CT molecular complexity index is 557. The molecule has 1 unspecified atom stereocenters. The van der Waals surface area contributed by atoms with Crippen molar-refractivity contribution in [2.45, 2.75) is 36.8 Å². The van der Waals surface area contributed by atoms with Gasteiger partial charge in [0.1, 0.15) is 0 Å². The van der Waals surface area contributed by atoms with Gasteiger partial charge in [-0.2, -0.15) is 0 Å². The minimum atomic E-state index is -0.879. The molecular formula is C12H18N4O3S2. The van der Waals surface area contributed by atoms with Crippen molar-refractivity contribution in [3.05, 3.63) is 10.6 Å². The largest absolute Gasteiger partial charge is 0.369 e. The van der Waals surface area contributed by atoms with Gasteiger partial charge in [0.15, 0.2) is 4.34 Å². The highest BCUT2D eigenvalue weighted by atomic mass is 32.2. The van der Waals surface area contributed by atoms with Crippen LogP contribution in [0.2, 0.25) is 0 Å². The lowest BCUT2D eigenvalue weighted by Gasteiger charge is -2.17. The van der Waals surface area contributed by atoms with Crippen molar-refractivity contribution in [3.63, 3.8) is 0 Å². The standard InChI is InChI=1S/C12H18N4O3S2/c1-5(2)9(10(18)16-11(14)19)21-12-15-6(3)7(20-12)4-8(13)17/h5,9H,4H2,1-3H3,(H2,13,17)(H3,14,16,18,19). The number of aromatic nitrogens is 1. The fourth-order valence-corrected chi connectivity index (χ4v) is 4.02. The third kappa shape index (κ3) is 5.35. The lowest BCUT2D eigenvalue weighted by Crippen LogP contribution is -2.42. The van der Waals surface area contributed by atoms with Gasteiger partial charge < -0.3 is 11.5 Å². The van der Waals surface area contributed by atoms with Crippen molar-refractivity contribution in [2.24, 2.45) is 17.4 Å². The number of amides is 4. The Labute approximate surface area is 130 Å². The summed E-state index contributed by atoms with van der Waals surface area (Å²) in [6.45, 7) is 5.51. The molecule has 0 aliphatic rings. The smallest absolute Gasteiger partial charge is 0.318 e. The topological polar surface area (TPSA) is 128 Å². The molecule has 0 bridgehead atoms. The van der Waals surface area contributed by atoms with Gasteiger partial charge in [-0.3, -0.25) is 14.9 Å². The van der Waals surface area contributed by atoms with Gasteiger partial charge in [-0.1, -0.05) is 25.6 Å². The molecule has 0 aliphatic carbocycles. The molecule has 1 atom stereocenters. The van der Waals surface area contributed by atoms with E-state index in [-0.39, 0.29) is 12.3 Å². The maximum absolute atomic E-state index is 11.9. The summed E-state index contributed by atoms with van der Waals surface area (Å²) in [5.74, 6) is -0.893. The second-order valence-corrected chi connectivity index (χ2v) is 7.24. The second kappa shape index (κ2) is 7.41. The number of thiazole rings is 1. The molecule has 9 heteroatoms. The first-order valence-corrected chi connectivity index (χ1v) is 7.91. The first kappa shape index (κ1) is 17.4. The van der Waals surface area contributed by atoms with E-state index in [0.29, 0.717) is 4.34 Å². The van der Waals surface area contributed by atoms with Crippen molar-refractivity contribution < 1.29 is 14.4 Å². The van der Waals surface area contributed by atoms with Crippen molar-refractivity contribution in [3.8, 4) is 0 Å². The van der Waals surface area contributed by atoms with Crippen LogP contribution in [0.3, 0.4) is 0 Å². The van der Waals surface area contributed by atoms with Gasteiger partial charge in [-0.15, -0.1) is 11.3 Å². The number of aryl methyl sites for hydroxylation is 1. The van der Waals surface area contributed by atoms with E-state index in [0.717, 1.165) is 10.6 Å². The maximum Gasteiger partial charge on any atom is 0.318 e. The number of carbonyl (C=O) groups excluding carboxylic acids is 3. The molecular weight excluding hydrogens is 312 g/mol. The van der Waals surface area contributed by atoms with Gasteiger partial charge in [0.05, 0.1) is 17.4 Å². The summed E-state index contributed by atoms with van der Waals surface area (Å²) >= 11 is 2.57. The fourth-order valence-electron chi connectivity index (χ4n) is 1.57. The molecule has 0 saturated carbocycles. The number of hydrogen-bond acceptors (Lipinski definition) is 6. The minimum Gasteiger partial charge on any atom is -0.369 e. The van der Waals surface area contributed by atoms with E-state index in [1.807, 2.05) is 13.8 Å². The number of hydrogen-bond donors (Lipinski definition) is 3. The Morgan fingerprint density at radius 3 is 2.43 bits per heavy atom. The van der Waals surface area contributed by atoms with Gasteiger partial charge in [0, 0.05) is 4.88 Å². The number of carbonyl (C=O) groups is 3. The van der Waals surface area contributed by atoms with Gasteiger partial charge >= 0.3 is 6.03 Å².